The van der Waals surface area contributed by atoms with Crippen LogP contribution in [0.1, 0.15) is 56.2 Å². The number of amides is 2. The van der Waals surface area contributed by atoms with Crippen molar-refractivity contribution in [2.24, 2.45) is 0 Å². The van der Waals surface area contributed by atoms with Gasteiger partial charge in [-0.05, 0) is 35.4 Å². The number of hydrogen-bond acceptors (Lipinski definition) is 4. The third kappa shape index (κ3) is 3.78. The van der Waals surface area contributed by atoms with Gasteiger partial charge in [0.2, 0.25) is 11.8 Å². The molecule has 1 atom stereocenters. The smallest absolute Gasteiger partial charge is 0.226 e. The molecule has 2 aromatic carbocycles. The predicted octanol–water partition coefficient (Wildman–Crippen LogP) is 4.85. The fourth-order valence-corrected chi connectivity index (χ4v) is 3.57. The van der Waals surface area contributed by atoms with Crippen molar-refractivity contribution in [1.82, 2.24) is 9.88 Å². The van der Waals surface area contributed by atoms with Crippen LogP contribution in [0, 0.1) is 0 Å². The van der Waals surface area contributed by atoms with Crippen LogP contribution in [0.25, 0.3) is 17.2 Å². The molecule has 0 saturated carbocycles. The minimum absolute atomic E-state index is 0.0983. The highest BCUT2D eigenvalue weighted by Crippen LogP contribution is 2.33. The molecule has 1 N–H and O–H groups in total. The molecule has 0 radical (unpaired) electrons. The summed E-state index contributed by atoms with van der Waals surface area (Å²) >= 11 is 0. The summed E-state index contributed by atoms with van der Waals surface area (Å²) in [5, 5.41) is 2.93. The first-order valence-electron chi connectivity index (χ1n) is 9.68. The summed E-state index contributed by atoms with van der Waals surface area (Å²) in [5.74, 6) is 0.598. The maximum absolute atomic E-state index is 12.8. The van der Waals surface area contributed by atoms with Crippen LogP contribution in [0.2, 0.25) is 0 Å². The topological polar surface area (TPSA) is 75.4 Å². The van der Waals surface area contributed by atoms with Crippen molar-refractivity contribution in [3.05, 3.63) is 65.7 Å². The Hall–Kier alpha value is -3.41. The standard InChI is InChI=1S/C23H23N3O3/c1-14(2)23-25-19-12-17(8-9-21(19)29-23)24-22(28)13-20-18-7-5-4-6-16(18)10-11-26(20)15(3)27/h4-12,14,20H,13H2,1-3H3,(H,24,28)/t20-/m0/s1. The van der Waals surface area contributed by atoms with Gasteiger partial charge in [0.1, 0.15) is 5.52 Å². The molecule has 1 aromatic heterocycles. The number of nitrogens with one attached hydrogen (secondary N) is 1. The minimum Gasteiger partial charge on any atom is -0.440 e. The summed E-state index contributed by atoms with van der Waals surface area (Å²) in [6, 6.07) is 12.9. The Morgan fingerprint density at radius 2 is 2.00 bits per heavy atom. The highest BCUT2D eigenvalue weighted by molar-refractivity contribution is 5.94. The van der Waals surface area contributed by atoms with Crippen molar-refractivity contribution >= 4 is 34.7 Å². The Kier molecular flexibility index (Phi) is 4.92. The second-order valence-corrected chi connectivity index (χ2v) is 7.53. The molecular formula is C23H23N3O3. The molecule has 6 heteroatoms. The number of carbonyl (C=O) groups excluding carboxylic acids is 2. The number of rotatable bonds is 4. The van der Waals surface area contributed by atoms with E-state index in [0.29, 0.717) is 22.7 Å². The molecule has 0 fully saturated rings. The second-order valence-electron chi connectivity index (χ2n) is 7.53. The molecule has 0 spiro atoms. The van der Waals surface area contributed by atoms with Crippen LogP contribution < -0.4 is 5.32 Å². The van der Waals surface area contributed by atoms with E-state index in [0.717, 1.165) is 11.1 Å². The molecule has 0 aliphatic carbocycles. The van der Waals surface area contributed by atoms with Gasteiger partial charge in [-0.3, -0.25) is 9.59 Å². The number of oxazole rings is 1. The highest BCUT2D eigenvalue weighted by atomic mass is 16.3. The van der Waals surface area contributed by atoms with Crippen molar-refractivity contribution in [3.8, 4) is 0 Å². The van der Waals surface area contributed by atoms with Crippen molar-refractivity contribution in [2.45, 2.75) is 39.2 Å². The van der Waals surface area contributed by atoms with Crippen molar-refractivity contribution in [2.75, 3.05) is 5.32 Å². The lowest BCUT2D eigenvalue weighted by atomic mass is 9.93. The summed E-state index contributed by atoms with van der Waals surface area (Å²) in [6.07, 6.45) is 3.81. The Balaban J connectivity index is 1.54. The van der Waals surface area contributed by atoms with E-state index >= 15 is 0 Å². The monoisotopic (exact) mass is 389 g/mol. The van der Waals surface area contributed by atoms with Gasteiger partial charge in [0, 0.05) is 24.7 Å². The van der Waals surface area contributed by atoms with Crippen molar-refractivity contribution < 1.29 is 14.0 Å². The molecule has 2 heterocycles. The largest absolute Gasteiger partial charge is 0.440 e. The normalized spacial score (nSPS) is 15.6. The summed E-state index contributed by atoms with van der Waals surface area (Å²) in [6.45, 7) is 5.54. The predicted molar refractivity (Wildman–Crippen MR) is 112 cm³/mol. The lowest BCUT2D eigenvalue weighted by molar-refractivity contribution is -0.129. The quantitative estimate of drug-likeness (QED) is 0.692. The van der Waals surface area contributed by atoms with Gasteiger partial charge < -0.3 is 14.6 Å². The van der Waals surface area contributed by atoms with Crippen LogP contribution in [0.4, 0.5) is 5.69 Å². The summed E-state index contributed by atoms with van der Waals surface area (Å²) in [5.41, 5.74) is 4.05. The number of anilines is 1. The molecule has 148 valence electrons. The third-order valence-electron chi connectivity index (χ3n) is 5.03. The number of aromatic nitrogens is 1. The van der Waals surface area contributed by atoms with E-state index in [-0.39, 0.29) is 30.2 Å². The molecule has 0 saturated heterocycles. The van der Waals surface area contributed by atoms with Crippen LogP contribution in [-0.4, -0.2) is 21.7 Å². The van der Waals surface area contributed by atoms with E-state index in [1.54, 1.807) is 23.2 Å². The second kappa shape index (κ2) is 7.54. The van der Waals surface area contributed by atoms with E-state index in [1.165, 1.54) is 6.92 Å². The zero-order valence-electron chi connectivity index (χ0n) is 16.7. The summed E-state index contributed by atoms with van der Waals surface area (Å²) < 4.78 is 5.71. The molecule has 4 rings (SSSR count). The fourth-order valence-electron chi connectivity index (χ4n) is 3.57. The van der Waals surface area contributed by atoms with Gasteiger partial charge >= 0.3 is 0 Å². The molecule has 29 heavy (non-hydrogen) atoms. The molecule has 2 amide bonds. The first kappa shape index (κ1) is 18.9. The molecule has 0 unspecified atom stereocenters. The molecular weight excluding hydrogens is 366 g/mol. The van der Waals surface area contributed by atoms with Gasteiger partial charge in [-0.2, -0.15) is 0 Å². The van der Waals surface area contributed by atoms with Gasteiger partial charge in [-0.15, -0.1) is 0 Å². The minimum atomic E-state index is -0.336. The van der Waals surface area contributed by atoms with Gasteiger partial charge in [0.05, 0.1) is 12.5 Å². The number of benzene rings is 2. The first-order valence-corrected chi connectivity index (χ1v) is 9.68. The van der Waals surface area contributed by atoms with Crippen LogP contribution in [0.15, 0.2) is 53.1 Å². The maximum atomic E-state index is 12.8. The molecule has 0 bridgehead atoms. The lowest BCUT2D eigenvalue weighted by Crippen LogP contribution is -2.33. The SMILES string of the molecule is CC(=O)N1C=Cc2ccccc2[C@@H]1CC(=O)Nc1ccc2oc(C(C)C)nc2c1. The number of nitrogens with zero attached hydrogens (tertiary/aromatic N) is 2. The van der Waals surface area contributed by atoms with E-state index in [1.807, 2.05) is 50.3 Å². The molecule has 1 aliphatic rings. The Labute approximate surface area is 169 Å². The van der Waals surface area contributed by atoms with Gasteiger partial charge in [0.25, 0.3) is 0 Å². The molecule has 6 nitrogen and oxygen atoms in total. The van der Waals surface area contributed by atoms with E-state index in [2.05, 4.69) is 10.3 Å². The Bertz CT molecular complexity index is 1110. The Morgan fingerprint density at radius 1 is 1.21 bits per heavy atom. The summed E-state index contributed by atoms with van der Waals surface area (Å²) in [7, 11) is 0. The third-order valence-corrected chi connectivity index (χ3v) is 5.03. The Morgan fingerprint density at radius 3 is 2.76 bits per heavy atom. The number of hydrogen-bond donors (Lipinski definition) is 1. The fraction of sp³-hybridized carbons (Fsp3) is 0.261. The number of carbonyl (C=O) groups is 2. The van der Waals surface area contributed by atoms with Gasteiger partial charge in [0.15, 0.2) is 11.5 Å². The van der Waals surface area contributed by atoms with Crippen molar-refractivity contribution in [1.29, 1.82) is 0 Å². The molecule has 3 aromatic rings. The van der Waals surface area contributed by atoms with Crippen LogP contribution in [0.5, 0.6) is 0 Å². The van der Waals surface area contributed by atoms with Crippen LogP contribution in [0.3, 0.4) is 0 Å². The van der Waals surface area contributed by atoms with Gasteiger partial charge in [-0.25, -0.2) is 4.98 Å². The first-order chi connectivity index (χ1) is 13.9. The zero-order chi connectivity index (χ0) is 20.5. The van der Waals surface area contributed by atoms with Crippen molar-refractivity contribution in [3.63, 3.8) is 0 Å². The average Bonchev–Trinajstić information content (AvgIpc) is 3.11. The highest BCUT2D eigenvalue weighted by Gasteiger charge is 2.28. The maximum Gasteiger partial charge on any atom is 0.226 e. The van der Waals surface area contributed by atoms with E-state index in [9.17, 15) is 9.59 Å². The lowest BCUT2D eigenvalue weighted by Gasteiger charge is -2.32. The molecule has 1 aliphatic heterocycles. The average molecular weight is 389 g/mol. The number of fused-ring (bicyclic) bond motifs is 2. The zero-order valence-corrected chi connectivity index (χ0v) is 16.7. The van der Waals surface area contributed by atoms with Gasteiger partial charge in [-0.1, -0.05) is 38.1 Å². The van der Waals surface area contributed by atoms with E-state index in [4.69, 9.17) is 4.42 Å². The van der Waals surface area contributed by atoms with Crippen LogP contribution >= 0.6 is 0 Å². The summed E-state index contributed by atoms with van der Waals surface area (Å²) in [4.78, 5) is 31.0. The van der Waals surface area contributed by atoms with E-state index < -0.39 is 0 Å². The van der Waals surface area contributed by atoms with Crippen LogP contribution in [-0.2, 0) is 9.59 Å².